The van der Waals surface area contributed by atoms with Gasteiger partial charge in [0.05, 0.1) is 12.1 Å². The van der Waals surface area contributed by atoms with Crippen molar-refractivity contribution in [3.63, 3.8) is 0 Å². The van der Waals surface area contributed by atoms with Gasteiger partial charge in [-0.25, -0.2) is 8.78 Å². The number of halogens is 2. The van der Waals surface area contributed by atoms with Gasteiger partial charge in [-0.2, -0.15) is 0 Å². The molecule has 2 atom stereocenters. The number of β-amino-alcohol motifs (C(OH)–C–C–N with tert-alkyl or cyclic N) is 1. The Morgan fingerprint density at radius 1 is 1.21 bits per heavy atom. The fraction of sp³-hybridized carbons (Fsp3) is 0.278. The first-order valence-electron chi connectivity index (χ1n) is 7.60. The molecule has 2 aromatic rings. The van der Waals surface area contributed by atoms with Gasteiger partial charge in [0.25, 0.3) is 5.91 Å². The highest BCUT2D eigenvalue weighted by Gasteiger charge is 2.37. The van der Waals surface area contributed by atoms with Crippen LogP contribution in [0.5, 0.6) is 5.75 Å². The van der Waals surface area contributed by atoms with Gasteiger partial charge in [0.15, 0.2) is 0 Å². The topological polar surface area (TPSA) is 60.8 Å². The summed E-state index contributed by atoms with van der Waals surface area (Å²) in [5, 5.41) is 19.6. The Kier molecular flexibility index (Phi) is 4.24. The SMILES string of the molecule is Cc1cc(O)cc(C(=O)N2CC(O)CC2c2cc(F)ccc2F)c1. The maximum Gasteiger partial charge on any atom is 0.254 e. The van der Waals surface area contributed by atoms with Crippen molar-refractivity contribution in [3.8, 4) is 5.75 Å². The van der Waals surface area contributed by atoms with E-state index in [1.807, 2.05) is 0 Å². The van der Waals surface area contributed by atoms with Crippen LogP contribution >= 0.6 is 0 Å². The highest BCUT2D eigenvalue weighted by molar-refractivity contribution is 5.95. The average Bonchev–Trinajstić information content (AvgIpc) is 2.89. The van der Waals surface area contributed by atoms with Crippen LogP contribution in [0.15, 0.2) is 36.4 Å². The molecule has 126 valence electrons. The first-order valence-corrected chi connectivity index (χ1v) is 7.60. The van der Waals surface area contributed by atoms with Gasteiger partial charge in [-0.15, -0.1) is 0 Å². The lowest BCUT2D eigenvalue weighted by Crippen LogP contribution is -2.32. The molecule has 1 fully saturated rings. The van der Waals surface area contributed by atoms with E-state index >= 15 is 0 Å². The van der Waals surface area contributed by atoms with Crippen molar-refractivity contribution in [1.82, 2.24) is 4.90 Å². The summed E-state index contributed by atoms with van der Waals surface area (Å²) in [5.41, 5.74) is 0.978. The number of hydrogen-bond donors (Lipinski definition) is 2. The number of aliphatic hydroxyl groups excluding tert-OH is 1. The molecular formula is C18H17F2NO3. The van der Waals surface area contributed by atoms with Crippen molar-refractivity contribution in [1.29, 1.82) is 0 Å². The van der Waals surface area contributed by atoms with Crippen LogP contribution in [0.2, 0.25) is 0 Å². The number of carbonyl (C=O) groups is 1. The number of aromatic hydroxyl groups is 1. The van der Waals surface area contributed by atoms with Gasteiger partial charge in [-0.1, -0.05) is 0 Å². The van der Waals surface area contributed by atoms with E-state index in [9.17, 15) is 23.8 Å². The van der Waals surface area contributed by atoms with Gasteiger partial charge in [0.2, 0.25) is 0 Å². The number of amides is 1. The lowest BCUT2D eigenvalue weighted by Gasteiger charge is -2.25. The molecule has 4 nitrogen and oxygen atoms in total. The van der Waals surface area contributed by atoms with Gasteiger partial charge < -0.3 is 15.1 Å². The van der Waals surface area contributed by atoms with Crippen LogP contribution in [0.1, 0.15) is 33.9 Å². The number of aryl methyl sites for hydroxylation is 1. The molecule has 2 unspecified atom stereocenters. The zero-order valence-corrected chi connectivity index (χ0v) is 13.0. The molecule has 1 aliphatic rings. The molecule has 1 saturated heterocycles. The number of rotatable bonds is 2. The lowest BCUT2D eigenvalue weighted by molar-refractivity contribution is 0.0713. The number of nitrogens with zero attached hydrogens (tertiary/aromatic N) is 1. The molecule has 0 saturated carbocycles. The monoisotopic (exact) mass is 333 g/mol. The molecule has 1 heterocycles. The largest absolute Gasteiger partial charge is 0.508 e. The molecule has 1 aliphatic heterocycles. The van der Waals surface area contributed by atoms with E-state index in [1.165, 1.54) is 17.0 Å². The second-order valence-electron chi connectivity index (χ2n) is 6.09. The Bertz CT molecular complexity index is 774. The zero-order chi connectivity index (χ0) is 17.4. The third-order valence-corrected chi connectivity index (χ3v) is 4.17. The Morgan fingerprint density at radius 3 is 2.67 bits per heavy atom. The molecule has 0 radical (unpaired) electrons. The van der Waals surface area contributed by atoms with Crippen LogP contribution < -0.4 is 0 Å². The van der Waals surface area contributed by atoms with Crippen LogP contribution in [0.3, 0.4) is 0 Å². The summed E-state index contributed by atoms with van der Waals surface area (Å²) in [6.45, 7) is 1.76. The molecule has 0 aromatic heterocycles. The number of phenols is 1. The molecule has 0 spiro atoms. The van der Waals surface area contributed by atoms with Crippen LogP contribution in [0.25, 0.3) is 0 Å². The number of phenolic OH excluding ortho intramolecular Hbond substituents is 1. The summed E-state index contributed by atoms with van der Waals surface area (Å²) < 4.78 is 27.6. The van der Waals surface area contributed by atoms with Crippen molar-refractivity contribution in [2.75, 3.05) is 6.54 Å². The molecule has 2 aromatic carbocycles. The summed E-state index contributed by atoms with van der Waals surface area (Å²) in [7, 11) is 0. The van der Waals surface area contributed by atoms with E-state index < -0.39 is 29.7 Å². The van der Waals surface area contributed by atoms with Gasteiger partial charge in [0, 0.05) is 17.7 Å². The van der Waals surface area contributed by atoms with Crippen molar-refractivity contribution < 1.29 is 23.8 Å². The minimum atomic E-state index is -0.819. The van der Waals surface area contributed by atoms with Crippen LogP contribution in [0, 0.1) is 18.6 Å². The van der Waals surface area contributed by atoms with E-state index in [2.05, 4.69) is 0 Å². The molecule has 0 aliphatic carbocycles. The first-order chi connectivity index (χ1) is 11.3. The number of carbonyl (C=O) groups excluding carboxylic acids is 1. The van der Waals surface area contributed by atoms with Crippen molar-refractivity contribution in [2.45, 2.75) is 25.5 Å². The number of benzene rings is 2. The average molecular weight is 333 g/mol. The standard InChI is InChI=1S/C18H17F2NO3/c1-10-4-11(6-13(22)5-10)18(24)21-9-14(23)8-17(21)15-7-12(19)2-3-16(15)20/h2-7,14,17,22-23H,8-9H2,1H3. The maximum atomic E-state index is 14.1. The first kappa shape index (κ1) is 16.4. The van der Waals surface area contributed by atoms with E-state index in [0.29, 0.717) is 5.56 Å². The highest BCUT2D eigenvalue weighted by Crippen LogP contribution is 2.35. The van der Waals surface area contributed by atoms with Gasteiger partial charge in [-0.3, -0.25) is 4.79 Å². The van der Waals surface area contributed by atoms with E-state index in [4.69, 9.17) is 0 Å². The van der Waals surface area contributed by atoms with Crippen molar-refractivity contribution >= 4 is 5.91 Å². The second kappa shape index (κ2) is 6.20. The van der Waals surface area contributed by atoms with E-state index in [-0.39, 0.29) is 29.8 Å². The van der Waals surface area contributed by atoms with Crippen molar-refractivity contribution in [3.05, 3.63) is 64.7 Å². The second-order valence-corrected chi connectivity index (χ2v) is 6.09. The van der Waals surface area contributed by atoms with E-state index in [0.717, 1.165) is 18.2 Å². The summed E-state index contributed by atoms with van der Waals surface area (Å²) in [6, 6.07) is 6.74. The Labute approximate surface area is 138 Å². The van der Waals surface area contributed by atoms with Crippen LogP contribution in [0.4, 0.5) is 8.78 Å². The molecule has 2 N–H and O–H groups in total. The quantitative estimate of drug-likeness (QED) is 0.888. The lowest BCUT2D eigenvalue weighted by atomic mass is 10.0. The molecule has 3 rings (SSSR count). The number of aliphatic hydroxyl groups is 1. The molecule has 0 bridgehead atoms. The third kappa shape index (κ3) is 3.10. The molecule has 1 amide bonds. The predicted molar refractivity (Wildman–Crippen MR) is 83.6 cm³/mol. The predicted octanol–water partition coefficient (Wildman–Crippen LogP) is 2.93. The van der Waals surface area contributed by atoms with Gasteiger partial charge in [0.1, 0.15) is 17.4 Å². The normalized spacial score (nSPS) is 20.4. The summed E-state index contributed by atoms with van der Waals surface area (Å²) in [6.07, 6.45) is -0.691. The minimum absolute atomic E-state index is 0.0220. The maximum absolute atomic E-state index is 14.1. The van der Waals surface area contributed by atoms with Gasteiger partial charge in [-0.05, 0) is 55.3 Å². The highest BCUT2D eigenvalue weighted by atomic mass is 19.1. The van der Waals surface area contributed by atoms with Crippen LogP contribution in [-0.2, 0) is 0 Å². The third-order valence-electron chi connectivity index (χ3n) is 4.17. The molecule has 6 heteroatoms. The molecular weight excluding hydrogens is 316 g/mol. The zero-order valence-electron chi connectivity index (χ0n) is 13.0. The van der Waals surface area contributed by atoms with Crippen molar-refractivity contribution in [2.24, 2.45) is 0 Å². The van der Waals surface area contributed by atoms with Gasteiger partial charge >= 0.3 is 0 Å². The van der Waals surface area contributed by atoms with Crippen LogP contribution in [-0.4, -0.2) is 33.7 Å². The Balaban J connectivity index is 1.98. The summed E-state index contributed by atoms with van der Waals surface area (Å²) >= 11 is 0. The fourth-order valence-electron chi connectivity index (χ4n) is 3.16. The Hall–Kier alpha value is -2.47. The number of hydrogen-bond acceptors (Lipinski definition) is 3. The summed E-state index contributed by atoms with van der Waals surface area (Å²) in [4.78, 5) is 14.1. The summed E-state index contributed by atoms with van der Waals surface area (Å²) in [5.74, 6) is -1.72. The number of likely N-dealkylation sites (tertiary alicyclic amines) is 1. The van der Waals surface area contributed by atoms with E-state index in [1.54, 1.807) is 13.0 Å². The fourth-order valence-corrected chi connectivity index (χ4v) is 3.16. The smallest absolute Gasteiger partial charge is 0.254 e. The Morgan fingerprint density at radius 2 is 1.96 bits per heavy atom. The molecule has 24 heavy (non-hydrogen) atoms. The minimum Gasteiger partial charge on any atom is -0.508 e.